The molecule has 0 saturated heterocycles. The number of aryl methyl sites for hydroxylation is 3. The van der Waals surface area contributed by atoms with Crippen molar-refractivity contribution < 1.29 is 0 Å². The summed E-state index contributed by atoms with van der Waals surface area (Å²) in [5.74, 6) is 0. The predicted molar refractivity (Wildman–Crippen MR) is 62.3 cm³/mol. The molecule has 0 spiro atoms. The molecule has 13 heavy (non-hydrogen) atoms. The highest BCUT2D eigenvalue weighted by molar-refractivity contribution is 9.10. The maximum atomic E-state index is 3.66. The monoisotopic (exact) mass is 240 g/mol. The maximum absolute atomic E-state index is 3.66. The number of hydrogen-bond donors (Lipinski definition) is 0. The third-order valence-electron chi connectivity index (χ3n) is 2.45. The van der Waals surface area contributed by atoms with Crippen molar-refractivity contribution in [2.24, 2.45) is 0 Å². The molecule has 0 amide bonds. The summed E-state index contributed by atoms with van der Waals surface area (Å²) in [6.45, 7) is 6.63. The van der Waals surface area contributed by atoms with Gasteiger partial charge in [-0.2, -0.15) is 0 Å². The Morgan fingerprint density at radius 3 is 1.69 bits per heavy atom. The zero-order valence-corrected chi connectivity index (χ0v) is 10.2. The minimum absolute atomic E-state index is 1.11. The SMILES string of the molecule is CCc1cc(CC)c(Br)c(CC)c1. The second-order valence-electron chi connectivity index (χ2n) is 3.29. The summed E-state index contributed by atoms with van der Waals surface area (Å²) >= 11 is 3.66. The molecule has 72 valence electrons. The Hall–Kier alpha value is -0.300. The van der Waals surface area contributed by atoms with E-state index < -0.39 is 0 Å². The Morgan fingerprint density at radius 2 is 1.38 bits per heavy atom. The minimum atomic E-state index is 1.11. The van der Waals surface area contributed by atoms with Gasteiger partial charge in [0.25, 0.3) is 0 Å². The summed E-state index contributed by atoms with van der Waals surface area (Å²) in [4.78, 5) is 0. The Bertz CT molecular complexity index is 264. The first-order valence-corrected chi connectivity index (χ1v) is 5.82. The quantitative estimate of drug-likeness (QED) is 0.746. The average molecular weight is 241 g/mol. The summed E-state index contributed by atoms with van der Waals surface area (Å²) < 4.78 is 1.31. The summed E-state index contributed by atoms with van der Waals surface area (Å²) in [5, 5.41) is 0. The molecule has 0 aromatic heterocycles. The molecule has 1 rings (SSSR count). The molecule has 0 radical (unpaired) electrons. The standard InChI is InChI=1S/C12H17Br/c1-4-9-7-10(5-2)12(13)11(6-3)8-9/h7-8H,4-6H2,1-3H3. The van der Waals surface area contributed by atoms with Crippen LogP contribution in [0.2, 0.25) is 0 Å². The van der Waals surface area contributed by atoms with E-state index in [-0.39, 0.29) is 0 Å². The topological polar surface area (TPSA) is 0 Å². The van der Waals surface area contributed by atoms with Crippen molar-refractivity contribution in [3.05, 3.63) is 33.3 Å². The summed E-state index contributed by atoms with van der Waals surface area (Å²) in [5.41, 5.74) is 4.34. The molecule has 0 atom stereocenters. The second kappa shape index (κ2) is 4.80. The molecule has 0 fully saturated rings. The van der Waals surface area contributed by atoms with Gasteiger partial charge >= 0.3 is 0 Å². The molecule has 0 nitrogen and oxygen atoms in total. The maximum Gasteiger partial charge on any atom is 0.0239 e. The molecule has 0 bridgehead atoms. The zero-order valence-electron chi connectivity index (χ0n) is 8.65. The van der Waals surface area contributed by atoms with Crippen LogP contribution in [-0.4, -0.2) is 0 Å². The van der Waals surface area contributed by atoms with Gasteiger partial charge in [-0.05, 0) is 36.0 Å². The smallest absolute Gasteiger partial charge is 0.0239 e. The van der Waals surface area contributed by atoms with Crippen molar-refractivity contribution in [1.29, 1.82) is 0 Å². The van der Waals surface area contributed by atoms with Gasteiger partial charge in [-0.1, -0.05) is 48.8 Å². The predicted octanol–water partition coefficient (Wildman–Crippen LogP) is 4.14. The lowest BCUT2D eigenvalue weighted by Gasteiger charge is -2.09. The van der Waals surface area contributed by atoms with Crippen molar-refractivity contribution in [1.82, 2.24) is 0 Å². The van der Waals surface area contributed by atoms with Crippen LogP contribution in [0.1, 0.15) is 37.5 Å². The van der Waals surface area contributed by atoms with E-state index in [1.165, 1.54) is 21.2 Å². The lowest BCUT2D eigenvalue weighted by molar-refractivity contribution is 1.03. The lowest BCUT2D eigenvalue weighted by atomic mass is 10.0. The highest BCUT2D eigenvalue weighted by atomic mass is 79.9. The van der Waals surface area contributed by atoms with Gasteiger partial charge in [0.2, 0.25) is 0 Å². The number of hydrogen-bond acceptors (Lipinski definition) is 0. The van der Waals surface area contributed by atoms with Crippen LogP contribution in [0.3, 0.4) is 0 Å². The normalized spacial score (nSPS) is 10.5. The van der Waals surface area contributed by atoms with Crippen LogP contribution in [0.25, 0.3) is 0 Å². The molecule has 0 unspecified atom stereocenters. The van der Waals surface area contributed by atoms with Crippen molar-refractivity contribution in [2.45, 2.75) is 40.0 Å². The van der Waals surface area contributed by atoms with Crippen molar-refractivity contribution in [2.75, 3.05) is 0 Å². The molecule has 0 N–H and O–H groups in total. The van der Waals surface area contributed by atoms with Gasteiger partial charge in [0, 0.05) is 4.47 Å². The highest BCUT2D eigenvalue weighted by Crippen LogP contribution is 2.25. The molecule has 1 aromatic carbocycles. The van der Waals surface area contributed by atoms with E-state index in [9.17, 15) is 0 Å². The fourth-order valence-electron chi connectivity index (χ4n) is 1.54. The Morgan fingerprint density at radius 1 is 0.923 bits per heavy atom. The minimum Gasteiger partial charge on any atom is -0.0613 e. The van der Waals surface area contributed by atoms with Crippen molar-refractivity contribution >= 4 is 15.9 Å². The summed E-state index contributed by atoms with van der Waals surface area (Å²) in [6, 6.07) is 4.62. The van der Waals surface area contributed by atoms with Crippen LogP contribution in [0.5, 0.6) is 0 Å². The van der Waals surface area contributed by atoms with E-state index in [4.69, 9.17) is 0 Å². The van der Waals surface area contributed by atoms with Gasteiger partial charge in [0.1, 0.15) is 0 Å². The summed E-state index contributed by atoms with van der Waals surface area (Å²) in [7, 11) is 0. The molecule has 0 heterocycles. The third kappa shape index (κ3) is 2.34. The van der Waals surface area contributed by atoms with Crippen LogP contribution in [-0.2, 0) is 19.3 Å². The van der Waals surface area contributed by atoms with E-state index in [0.717, 1.165) is 19.3 Å². The van der Waals surface area contributed by atoms with Gasteiger partial charge in [-0.15, -0.1) is 0 Å². The van der Waals surface area contributed by atoms with Crippen LogP contribution >= 0.6 is 15.9 Å². The number of benzene rings is 1. The highest BCUT2D eigenvalue weighted by Gasteiger charge is 2.04. The van der Waals surface area contributed by atoms with Gasteiger partial charge in [-0.25, -0.2) is 0 Å². The largest absolute Gasteiger partial charge is 0.0613 e. The number of rotatable bonds is 3. The molecular weight excluding hydrogens is 224 g/mol. The van der Waals surface area contributed by atoms with E-state index in [1.807, 2.05) is 0 Å². The second-order valence-corrected chi connectivity index (χ2v) is 4.08. The molecule has 1 heteroatoms. The number of halogens is 1. The molecule has 1 aromatic rings. The van der Waals surface area contributed by atoms with Crippen molar-refractivity contribution in [3.8, 4) is 0 Å². The van der Waals surface area contributed by atoms with Gasteiger partial charge in [0.05, 0.1) is 0 Å². The van der Waals surface area contributed by atoms with Crippen LogP contribution < -0.4 is 0 Å². The van der Waals surface area contributed by atoms with E-state index in [1.54, 1.807) is 0 Å². The van der Waals surface area contributed by atoms with E-state index in [0.29, 0.717) is 0 Å². The van der Waals surface area contributed by atoms with Crippen molar-refractivity contribution in [3.63, 3.8) is 0 Å². The molecule has 0 aliphatic rings. The van der Waals surface area contributed by atoms with Crippen LogP contribution in [0, 0.1) is 0 Å². The Kier molecular flexibility index (Phi) is 3.98. The molecular formula is C12H17Br. The first-order valence-electron chi connectivity index (χ1n) is 5.03. The fraction of sp³-hybridized carbons (Fsp3) is 0.500. The third-order valence-corrected chi connectivity index (χ3v) is 3.47. The average Bonchev–Trinajstić information content (AvgIpc) is 2.18. The fourth-order valence-corrected chi connectivity index (χ4v) is 2.33. The van der Waals surface area contributed by atoms with Gasteiger partial charge in [-0.3, -0.25) is 0 Å². The van der Waals surface area contributed by atoms with Crippen LogP contribution in [0.4, 0.5) is 0 Å². The Balaban J connectivity index is 3.20. The lowest BCUT2D eigenvalue weighted by Crippen LogP contribution is -1.93. The van der Waals surface area contributed by atoms with Crippen LogP contribution in [0.15, 0.2) is 16.6 Å². The van der Waals surface area contributed by atoms with E-state index in [2.05, 4.69) is 48.8 Å². The van der Waals surface area contributed by atoms with Gasteiger partial charge < -0.3 is 0 Å². The first kappa shape index (κ1) is 10.8. The zero-order chi connectivity index (χ0) is 9.84. The van der Waals surface area contributed by atoms with Gasteiger partial charge in [0.15, 0.2) is 0 Å². The molecule has 0 saturated carbocycles. The first-order chi connectivity index (χ1) is 6.22. The Labute approximate surface area is 89.5 Å². The van der Waals surface area contributed by atoms with E-state index >= 15 is 0 Å². The summed E-state index contributed by atoms with van der Waals surface area (Å²) in [6.07, 6.45) is 3.36. The molecule has 0 aliphatic carbocycles. The molecule has 0 aliphatic heterocycles.